The van der Waals surface area contributed by atoms with Gasteiger partial charge in [-0.1, -0.05) is 12.1 Å². The molecule has 0 bridgehead atoms. The first-order valence-electron chi connectivity index (χ1n) is 10.9. The van der Waals surface area contributed by atoms with Crippen LogP contribution in [0.1, 0.15) is 36.8 Å². The van der Waals surface area contributed by atoms with Crippen molar-refractivity contribution in [3.63, 3.8) is 0 Å². The molecule has 0 radical (unpaired) electrons. The predicted molar refractivity (Wildman–Crippen MR) is 114 cm³/mol. The Morgan fingerprint density at radius 3 is 2.43 bits per heavy atom. The van der Waals surface area contributed by atoms with Gasteiger partial charge < -0.3 is 15.5 Å². The van der Waals surface area contributed by atoms with Gasteiger partial charge in [0.05, 0.1) is 5.56 Å². The molecule has 1 atom stereocenters. The molecule has 1 aromatic rings. The van der Waals surface area contributed by atoms with Crippen LogP contribution in [0, 0.1) is 5.92 Å². The summed E-state index contributed by atoms with van der Waals surface area (Å²) in [5.74, 6) is 1.63. The Bertz CT molecular complexity index is 681. The molecule has 8 heteroatoms. The number of guanidine groups is 1. The summed E-state index contributed by atoms with van der Waals surface area (Å²) in [6, 6.07) is 5.78. The topological polar surface area (TPSA) is 42.9 Å². The molecule has 30 heavy (non-hydrogen) atoms. The van der Waals surface area contributed by atoms with E-state index in [1.807, 2.05) is 0 Å². The maximum absolute atomic E-state index is 12.7. The van der Waals surface area contributed by atoms with E-state index < -0.39 is 11.7 Å². The first kappa shape index (κ1) is 22.9. The number of nitrogens with one attached hydrogen (secondary N) is 2. The summed E-state index contributed by atoms with van der Waals surface area (Å²) in [6.45, 7) is 5.75. The third kappa shape index (κ3) is 6.87. The minimum Gasteiger partial charge on any atom is -0.356 e. The zero-order chi connectivity index (χ0) is 21.6. The van der Waals surface area contributed by atoms with Gasteiger partial charge in [-0.05, 0) is 69.4 Å². The number of aliphatic imine (C=N–C) groups is 1. The third-order valence-corrected chi connectivity index (χ3v) is 6.21. The molecule has 0 saturated carbocycles. The van der Waals surface area contributed by atoms with Crippen LogP contribution in [-0.2, 0) is 12.7 Å². The van der Waals surface area contributed by atoms with Gasteiger partial charge in [-0.2, -0.15) is 13.2 Å². The van der Waals surface area contributed by atoms with E-state index in [4.69, 9.17) is 0 Å². The number of halogens is 3. The average Bonchev–Trinajstić information content (AvgIpc) is 3.15. The molecule has 2 N–H and O–H groups in total. The number of piperidine rings is 1. The van der Waals surface area contributed by atoms with Crippen molar-refractivity contribution in [3.05, 3.63) is 35.4 Å². The van der Waals surface area contributed by atoms with Gasteiger partial charge in [0.25, 0.3) is 0 Å². The van der Waals surface area contributed by atoms with Crippen molar-refractivity contribution in [1.82, 2.24) is 20.4 Å². The first-order valence-corrected chi connectivity index (χ1v) is 10.9. The maximum atomic E-state index is 12.7. The Morgan fingerprint density at radius 2 is 1.80 bits per heavy atom. The fourth-order valence-corrected chi connectivity index (χ4v) is 4.28. The van der Waals surface area contributed by atoms with E-state index in [9.17, 15) is 13.2 Å². The number of benzene rings is 1. The van der Waals surface area contributed by atoms with E-state index in [0.29, 0.717) is 12.6 Å². The quantitative estimate of drug-likeness (QED) is 0.543. The summed E-state index contributed by atoms with van der Waals surface area (Å²) < 4.78 is 38.1. The summed E-state index contributed by atoms with van der Waals surface area (Å²) in [4.78, 5) is 9.01. The highest BCUT2D eigenvalue weighted by Crippen LogP contribution is 2.29. The van der Waals surface area contributed by atoms with Gasteiger partial charge in [0, 0.05) is 39.3 Å². The molecule has 0 amide bonds. The fourth-order valence-electron chi connectivity index (χ4n) is 4.28. The van der Waals surface area contributed by atoms with Gasteiger partial charge in [-0.3, -0.25) is 9.89 Å². The number of rotatable bonds is 6. The van der Waals surface area contributed by atoms with Crippen molar-refractivity contribution >= 4 is 5.96 Å². The Hall–Kier alpha value is -1.80. The van der Waals surface area contributed by atoms with E-state index in [-0.39, 0.29) is 0 Å². The monoisotopic (exact) mass is 425 g/mol. The first-order chi connectivity index (χ1) is 14.3. The fraction of sp³-hybridized carbons (Fsp3) is 0.682. The Balaban J connectivity index is 1.38. The lowest BCUT2D eigenvalue weighted by atomic mass is 9.94. The van der Waals surface area contributed by atoms with E-state index in [2.05, 4.69) is 32.5 Å². The van der Waals surface area contributed by atoms with E-state index >= 15 is 0 Å². The molecule has 0 aliphatic carbocycles. The van der Waals surface area contributed by atoms with Crippen molar-refractivity contribution in [2.45, 2.75) is 44.4 Å². The largest absolute Gasteiger partial charge is 0.416 e. The molecular weight excluding hydrogens is 391 g/mol. The molecule has 0 spiro atoms. The summed E-state index contributed by atoms with van der Waals surface area (Å²) in [6.07, 6.45) is 0.421. The highest BCUT2D eigenvalue weighted by molar-refractivity contribution is 5.80. The molecule has 1 unspecified atom stereocenters. The van der Waals surface area contributed by atoms with Crippen molar-refractivity contribution in [1.29, 1.82) is 0 Å². The SMILES string of the molecule is CN=C(NCCC1CCN(C)CC1)NC1CCN(Cc2ccc(C(F)(F)F)cc2)C1. The minimum atomic E-state index is -4.28. The minimum absolute atomic E-state index is 0.300. The summed E-state index contributed by atoms with van der Waals surface area (Å²) in [5, 5.41) is 6.94. The van der Waals surface area contributed by atoms with Crippen LogP contribution in [0.4, 0.5) is 13.2 Å². The van der Waals surface area contributed by atoms with E-state index in [0.717, 1.165) is 55.6 Å². The van der Waals surface area contributed by atoms with Crippen LogP contribution in [0.3, 0.4) is 0 Å². The van der Waals surface area contributed by atoms with E-state index in [1.54, 1.807) is 19.2 Å². The number of alkyl halides is 3. The molecule has 2 aliphatic rings. The molecule has 3 rings (SSSR count). The van der Waals surface area contributed by atoms with E-state index in [1.165, 1.54) is 32.4 Å². The second-order valence-corrected chi connectivity index (χ2v) is 8.59. The molecule has 2 heterocycles. The molecule has 5 nitrogen and oxygen atoms in total. The molecule has 168 valence electrons. The number of nitrogens with zero attached hydrogens (tertiary/aromatic N) is 3. The summed E-state index contributed by atoms with van der Waals surface area (Å²) in [7, 11) is 3.97. The van der Waals surface area contributed by atoms with Gasteiger partial charge in [0.1, 0.15) is 0 Å². The Labute approximate surface area is 177 Å². The summed E-state index contributed by atoms with van der Waals surface area (Å²) in [5.41, 5.74) is 0.312. The van der Waals surface area contributed by atoms with Gasteiger partial charge >= 0.3 is 6.18 Å². The van der Waals surface area contributed by atoms with Crippen LogP contribution in [0.2, 0.25) is 0 Å². The maximum Gasteiger partial charge on any atom is 0.416 e. The standard InChI is InChI=1S/C22H34F3N5/c1-26-21(27-11-7-17-8-12-29(2)13-9-17)28-20-10-14-30(16-20)15-18-3-5-19(6-4-18)22(23,24)25/h3-6,17,20H,7-16H2,1-2H3,(H2,26,27,28). The number of likely N-dealkylation sites (tertiary alicyclic amines) is 2. The predicted octanol–water partition coefficient (Wildman–Crippen LogP) is 3.18. The Morgan fingerprint density at radius 1 is 1.10 bits per heavy atom. The smallest absolute Gasteiger partial charge is 0.356 e. The van der Waals surface area contributed by atoms with Gasteiger partial charge in [-0.25, -0.2) is 0 Å². The lowest BCUT2D eigenvalue weighted by Gasteiger charge is -2.29. The second kappa shape index (κ2) is 10.5. The van der Waals surface area contributed by atoms with Crippen LogP contribution in [0.5, 0.6) is 0 Å². The van der Waals surface area contributed by atoms with Gasteiger partial charge in [0.2, 0.25) is 0 Å². The van der Waals surface area contributed by atoms with Crippen LogP contribution in [0.25, 0.3) is 0 Å². The molecule has 0 aromatic heterocycles. The van der Waals surface area contributed by atoms with Crippen LogP contribution in [0.15, 0.2) is 29.3 Å². The summed E-state index contributed by atoms with van der Waals surface area (Å²) >= 11 is 0. The Kier molecular flexibility index (Phi) is 7.99. The number of hydrogen-bond donors (Lipinski definition) is 2. The van der Waals surface area contributed by atoms with Crippen molar-refractivity contribution in [2.75, 3.05) is 46.8 Å². The van der Waals surface area contributed by atoms with Gasteiger partial charge in [0.15, 0.2) is 5.96 Å². The lowest BCUT2D eigenvalue weighted by molar-refractivity contribution is -0.137. The molecular formula is C22H34F3N5. The number of hydrogen-bond acceptors (Lipinski definition) is 3. The normalized spacial score (nSPS) is 22.4. The van der Waals surface area contributed by atoms with Gasteiger partial charge in [-0.15, -0.1) is 0 Å². The molecule has 1 aromatic carbocycles. The zero-order valence-electron chi connectivity index (χ0n) is 18.0. The van der Waals surface area contributed by atoms with Crippen molar-refractivity contribution < 1.29 is 13.2 Å². The van der Waals surface area contributed by atoms with Crippen molar-refractivity contribution in [3.8, 4) is 0 Å². The van der Waals surface area contributed by atoms with Crippen LogP contribution >= 0.6 is 0 Å². The molecule has 2 fully saturated rings. The zero-order valence-corrected chi connectivity index (χ0v) is 18.0. The average molecular weight is 426 g/mol. The third-order valence-electron chi connectivity index (χ3n) is 6.21. The van der Waals surface area contributed by atoms with Crippen LogP contribution < -0.4 is 10.6 Å². The van der Waals surface area contributed by atoms with Crippen LogP contribution in [-0.4, -0.2) is 68.6 Å². The highest BCUT2D eigenvalue weighted by Gasteiger charge is 2.30. The second-order valence-electron chi connectivity index (χ2n) is 8.59. The molecule has 2 aliphatic heterocycles. The molecule has 2 saturated heterocycles. The highest BCUT2D eigenvalue weighted by atomic mass is 19.4. The lowest BCUT2D eigenvalue weighted by Crippen LogP contribution is -2.45. The van der Waals surface area contributed by atoms with Crippen molar-refractivity contribution in [2.24, 2.45) is 10.9 Å².